The first-order valence-electron chi connectivity index (χ1n) is 7.60. The number of nitrogens with one attached hydrogen (secondary N) is 1. The van der Waals surface area contributed by atoms with Crippen LogP contribution in [0.2, 0.25) is 0 Å². The number of fused-ring (bicyclic) bond motifs is 1. The van der Waals surface area contributed by atoms with Crippen LogP contribution in [0.25, 0.3) is 12.2 Å². The standard InChI is InChI=1S/C17H21N3O2S/c1-10-8-18-16(12(3)11(10)2)9-23(21)17-19-14-6-5-13(22-4)7-15(14)20-17/h6-8,13H,5,9H2,1-4H3,(H,19,20). The molecule has 0 fully saturated rings. The minimum absolute atomic E-state index is 0.0490. The molecule has 0 saturated heterocycles. The predicted octanol–water partition coefficient (Wildman–Crippen LogP) is 1.02. The third kappa shape index (κ3) is 3.14. The molecular formula is C17H21N3O2S. The van der Waals surface area contributed by atoms with Gasteiger partial charge in [0, 0.05) is 13.3 Å². The number of rotatable bonds is 4. The van der Waals surface area contributed by atoms with E-state index in [0.717, 1.165) is 33.9 Å². The SMILES string of the molecule is COC1C=c2[nH]c(S(=O)Cc3ncc(C)c(C)c3C)nc2=CC1. The topological polar surface area (TPSA) is 67.9 Å². The second-order valence-corrected chi connectivity index (χ2v) is 7.22. The second-order valence-electron chi connectivity index (χ2n) is 5.85. The maximum Gasteiger partial charge on any atom is 0.197 e. The highest BCUT2D eigenvalue weighted by molar-refractivity contribution is 7.84. The third-order valence-electron chi connectivity index (χ3n) is 4.42. The van der Waals surface area contributed by atoms with E-state index in [4.69, 9.17) is 4.74 Å². The van der Waals surface area contributed by atoms with E-state index in [1.807, 2.05) is 32.2 Å². The van der Waals surface area contributed by atoms with E-state index in [2.05, 4.69) is 21.9 Å². The van der Waals surface area contributed by atoms with Gasteiger partial charge in [-0.05, 0) is 50.0 Å². The highest BCUT2D eigenvalue weighted by atomic mass is 32.2. The third-order valence-corrected chi connectivity index (χ3v) is 5.58. The number of hydrogen-bond donors (Lipinski definition) is 1. The molecule has 122 valence electrons. The molecule has 0 amide bonds. The number of methoxy groups -OCH3 is 1. The van der Waals surface area contributed by atoms with Gasteiger partial charge in [-0.2, -0.15) is 0 Å². The van der Waals surface area contributed by atoms with E-state index >= 15 is 0 Å². The Kier molecular flexibility index (Phi) is 4.46. The van der Waals surface area contributed by atoms with Crippen molar-refractivity contribution >= 4 is 23.0 Å². The van der Waals surface area contributed by atoms with Crippen molar-refractivity contribution in [1.29, 1.82) is 0 Å². The first-order chi connectivity index (χ1) is 11.0. The Morgan fingerprint density at radius 1 is 1.35 bits per heavy atom. The van der Waals surface area contributed by atoms with Crippen molar-refractivity contribution in [2.45, 2.75) is 44.2 Å². The molecule has 0 saturated carbocycles. The molecule has 23 heavy (non-hydrogen) atoms. The van der Waals surface area contributed by atoms with E-state index in [1.165, 1.54) is 5.56 Å². The Hall–Kier alpha value is -1.79. The van der Waals surface area contributed by atoms with E-state index < -0.39 is 10.8 Å². The van der Waals surface area contributed by atoms with Crippen LogP contribution in [0.3, 0.4) is 0 Å². The molecular weight excluding hydrogens is 310 g/mol. The highest BCUT2D eigenvalue weighted by Crippen LogP contribution is 2.17. The van der Waals surface area contributed by atoms with Gasteiger partial charge in [0.1, 0.15) is 0 Å². The molecule has 2 heterocycles. The van der Waals surface area contributed by atoms with Gasteiger partial charge < -0.3 is 9.72 Å². The summed E-state index contributed by atoms with van der Waals surface area (Å²) in [6.45, 7) is 6.13. The summed E-state index contributed by atoms with van der Waals surface area (Å²) in [5, 5.41) is 2.24. The van der Waals surface area contributed by atoms with Crippen LogP contribution in [-0.2, 0) is 21.3 Å². The zero-order valence-corrected chi connectivity index (χ0v) is 14.7. The van der Waals surface area contributed by atoms with Crippen molar-refractivity contribution in [3.63, 3.8) is 0 Å². The van der Waals surface area contributed by atoms with E-state index in [9.17, 15) is 4.21 Å². The predicted molar refractivity (Wildman–Crippen MR) is 90.7 cm³/mol. The zero-order chi connectivity index (χ0) is 16.6. The smallest absolute Gasteiger partial charge is 0.197 e. The van der Waals surface area contributed by atoms with Crippen LogP contribution < -0.4 is 10.7 Å². The number of imidazole rings is 1. The summed E-state index contributed by atoms with van der Waals surface area (Å²) in [6.07, 6.45) is 6.68. The largest absolute Gasteiger partial charge is 0.377 e. The van der Waals surface area contributed by atoms with Crippen molar-refractivity contribution in [2.24, 2.45) is 0 Å². The van der Waals surface area contributed by atoms with Gasteiger partial charge >= 0.3 is 0 Å². The number of pyridine rings is 1. The maximum atomic E-state index is 12.6. The summed E-state index contributed by atoms with van der Waals surface area (Å²) in [5.74, 6) is 0.368. The van der Waals surface area contributed by atoms with Crippen LogP contribution >= 0.6 is 0 Å². The lowest BCUT2D eigenvalue weighted by atomic mass is 10.1. The molecule has 0 spiro atoms. The lowest BCUT2D eigenvalue weighted by Gasteiger charge is -2.09. The van der Waals surface area contributed by atoms with Crippen molar-refractivity contribution in [2.75, 3.05) is 7.11 Å². The fourth-order valence-corrected chi connectivity index (χ4v) is 3.73. The summed E-state index contributed by atoms with van der Waals surface area (Å²) >= 11 is 0. The van der Waals surface area contributed by atoms with Crippen LogP contribution in [0.1, 0.15) is 28.8 Å². The molecule has 3 rings (SSSR count). The van der Waals surface area contributed by atoms with Gasteiger partial charge in [0.25, 0.3) is 0 Å². The molecule has 5 nitrogen and oxygen atoms in total. The van der Waals surface area contributed by atoms with E-state index in [1.54, 1.807) is 7.11 Å². The first kappa shape index (κ1) is 16.1. The van der Waals surface area contributed by atoms with E-state index in [0.29, 0.717) is 10.9 Å². The Morgan fingerprint density at radius 3 is 2.87 bits per heavy atom. The normalized spacial score (nSPS) is 18.0. The Labute approximate surface area is 138 Å². The number of ether oxygens (including phenoxy) is 1. The van der Waals surface area contributed by atoms with Crippen molar-refractivity contribution in [3.05, 3.63) is 39.3 Å². The molecule has 1 aliphatic rings. The summed E-state index contributed by atoms with van der Waals surface area (Å²) in [6, 6.07) is 0. The summed E-state index contributed by atoms with van der Waals surface area (Å²) in [7, 11) is 0.437. The fraction of sp³-hybridized carbons (Fsp3) is 0.412. The number of aromatic amines is 1. The molecule has 0 radical (unpaired) electrons. The zero-order valence-electron chi connectivity index (χ0n) is 13.8. The maximum absolute atomic E-state index is 12.6. The minimum atomic E-state index is -1.25. The van der Waals surface area contributed by atoms with Crippen LogP contribution in [-0.4, -0.2) is 32.4 Å². The molecule has 6 heteroatoms. The number of nitrogens with zero attached hydrogens (tertiary/aromatic N) is 2. The number of aromatic nitrogens is 3. The first-order valence-corrected chi connectivity index (χ1v) is 8.92. The summed E-state index contributed by atoms with van der Waals surface area (Å²) in [4.78, 5) is 12.1. The number of H-pyrrole nitrogens is 1. The Balaban J connectivity index is 1.89. The van der Waals surface area contributed by atoms with Gasteiger partial charge in [-0.15, -0.1) is 0 Å². The Morgan fingerprint density at radius 2 is 2.13 bits per heavy atom. The van der Waals surface area contributed by atoms with Crippen LogP contribution in [0, 0.1) is 20.8 Å². The minimum Gasteiger partial charge on any atom is -0.377 e. The fourth-order valence-electron chi connectivity index (χ4n) is 2.63. The summed E-state index contributed by atoms with van der Waals surface area (Å²) in [5.41, 5.74) is 4.33. The number of aryl methyl sites for hydroxylation is 1. The molecule has 1 N–H and O–H groups in total. The summed E-state index contributed by atoms with van der Waals surface area (Å²) < 4.78 is 18.0. The molecule has 0 aliphatic heterocycles. The molecule has 2 atom stereocenters. The molecule has 1 aliphatic carbocycles. The molecule has 2 aromatic heterocycles. The monoisotopic (exact) mass is 331 g/mol. The van der Waals surface area contributed by atoms with Gasteiger partial charge in [0.15, 0.2) is 5.16 Å². The molecule has 0 aromatic carbocycles. The van der Waals surface area contributed by atoms with Gasteiger partial charge in [-0.25, -0.2) is 4.98 Å². The highest BCUT2D eigenvalue weighted by Gasteiger charge is 2.15. The van der Waals surface area contributed by atoms with Gasteiger partial charge in [-0.3, -0.25) is 9.19 Å². The average Bonchev–Trinajstić information content (AvgIpc) is 2.98. The lowest BCUT2D eigenvalue weighted by molar-refractivity contribution is 0.157. The molecule has 0 bridgehead atoms. The molecule has 2 aromatic rings. The Bertz CT molecular complexity index is 886. The van der Waals surface area contributed by atoms with Gasteiger partial charge in [0.2, 0.25) is 0 Å². The lowest BCUT2D eigenvalue weighted by Crippen LogP contribution is -2.31. The quantitative estimate of drug-likeness (QED) is 0.908. The number of hydrogen-bond acceptors (Lipinski definition) is 4. The van der Waals surface area contributed by atoms with Crippen LogP contribution in [0.15, 0.2) is 11.4 Å². The van der Waals surface area contributed by atoms with Crippen LogP contribution in [0.5, 0.6) is 0 Å². The van der Waals surface area contributed by atoms with Crippen LogP contribution in [0.4, 0.5) is 0 Å². The van der Waals surface area contributed by atoms with E-state index in [-0.39, 0.29) is 6.10 Å². The average molecular weight is 331 g/mol. The molecule has 2 unspecified atom stereocenters. The van der Waals surface area contributed by atoms with Gasteiger partial charge in [-0.1, -0.05) is 6.08 Å². The second kappa shape index (κ2) is 6.37. The van der Waals surface area contributed by atoms with Gasteiger partial charge in [0.05, 0.1) is 39.0 Å². The van der Waals surface area contributed by atoms with Crippen molar-refractivity contribution in [1.82, 2.24) is 15.0 Å². The van der Waals surface area contributed by atoms with Crippen molar-refractivity contribution < 1.29 is 8.95 Å². The van der Waals surface area contributed by atoms with Crippen molar-refractivity contribution in [3.8, 4) is 0 Å².